The highest BCUT2D eigenvalue weighted by atomic mass is 35.5. The van der Waals surface area contributed by atoms with Crippen molar-refractivity contribution in [1.29, 1.82) is 0 Å². The van der Waals surface area contributed by atoms with E-state index in [4.69, 9.17) is 11.6 Å². The van der Waals surface area contributed by atoms with E-state index in [1.54, 1.807) is 6.20 Å². The topological polar surface area (TPSA) is 12.9 Å². The van der Waals surface area contributed by atoms with E-state index in [0.717, 1.165) is 5.75 Å². The molecule has 0 aliphatic heterocycles. The van der Waals surface area contributed by atoms with Crippen LogP contribution in [0.4, 0.5) is 0 Å². The van der Waals surface area contributed by atoms with Crippen LogP contribution in [-0.4, -0.2) is 10.7 Å². The quantitative estimate of drug-likeness (QED) is 0.547. The molecule has 1 aromatic heterocycles. The first-order chi connectivity index (χ1) is 5.83. The molecule has 0 bridgehead atoms. The van der Waals surface area contributed by atoms with Gasteiger partial charge in [-0.3, -0.25) is 0 Å². The van der Waals surface area contributed by atoms with Crippen molar-refractivity contribution in [3.05, 3.63) is 29.0 Å². The molecule has 0 atom stereocenters. The van der Waals surface area contributed by atoms with Crippen molar-refractivity contribution < 1.29 is 0 Å². The molecule has 0 amide bonds. The van der Waals surface area contributed by atoms with E-state index in [1.807, 2.05) is 23.9 Å². The number of thioether (sulfide) groups is 1. The van der Waals surface area contributed by atoms with Gasteiger partial charge in [-0.25, -0.2) is 4.98 Å². The molecule has 12 heavy (non-hydrogen) atoms. The second-order valence-electron chi connectivity index (χ2n) is 2.54. The number of aromatic nitrogens is 1. The lowest BCUT2D eigenvalue weighted by molar-refractivity contribution is 1.10. The minimum atomic E-state index is 0.588. The normalized spacial score (nSPS) is 10.2. The standard InChI is InChI=1S/C9H12ClNS/c1-2-5-12-7-8-3-4-11-9(10)6-8/h3-4,6H,2,5,7H2,1H3. The molecule has 0 N–H and O–H groups in total. The summed E-state index contributed by atoms with van der Waals surface area (Å²) in [5, 5.41) is 0.588. The first kappa shape index (κ1) is 9.87. The lowest BCUT2D eigenvalue weighted by atomic mass is 10.3. The van der Waals surface area contributed by atoms with Crippen LogP contribution >= 0.6 is 23.4 Å². The molecule has 0 unspecified atom stereocenters. The first-order valence-electron chi connectivity index (χ1n) is 4.01. The number of nitrogens with zero attached hydrogens (tertiary/aromatic N) is 1. The Labute approximate surface area is 82.5 Å². The Hall–Kier alpha value is -0.210. The molecule has 66 valence electrons. The van der Waals surface area contributed by atoms with Gasteiger partial charge < -0.3 is 0 Å². The molecule has 1 aromatic rings. The van der Waals surface area contributed by atoms with Crippen LogP contribution in [0.3, 0.4) is 0 Å². The largest absolute Gasteiger partial charge is 0.245 e. The van der Waals surface area contributed by atoms with Gasteiger partial charge in [0.05, 0.1) is 0 Å². The summed E-state index contributed by atoms with van der Waals surface area (Å²) in [6.45, 7) is 2.19. The maximum Gasteiger partial charge on any atom is 0.129 e. The fourth-order valence-electron chi connectivity index (χ4n) is 0.867. The third-order valence-electron chi connectivity index (χ3n) is 1.41. The van der Waals surface area contributed by atoms with Crippen LogP contribution in [0.15, 0.2) is 18.3 Å². The zero-order valence-corrected chi connectivity index (χ0v) is 8.66. The molecule has 0 saturated carbocycles. The van der Waals surface area contributed by atoms with Crippen LogP contribution in [0.1, 0.15) is 18.9 Å². The molecule has 0 fully saturated rings. The van der Waals surface area contributed by atoms with E-state index < -0.39 is 0 Å². The molecule has 0 saturated heterocycles. The lowest BCUT2D eigenvalue weighted by Crippen LogP contribution is -1.83. The molecular formula is C9H12ClNS. The van der Waals surface area contributed by atoms with Crippen LogP contribution in [0, 0.1) is 0 Å². The Bertz CT molecular complexity index is 240. The van der Waals surface area contributed by atoms with E-state index in [2.05, 4.69) is 11.9 Å². The molecule has 1 heterocycles. The van der Waals surface area contributed by atoms with Crippen molar-refractivity contribution >= 4 is 23.4 Å². The Balaban J connectivity index is 2.41. The number of halogens is 1. The highest BCUT2D eigenvalue weighted by Gasteiger charge is 1.94. The highest BCUT2D eigenvalue weighted by molar-refractivity contribution is 7.98. The van der Waals surface area contributed by atoms with Crippen molar-refractivity contribution in [2.24, 2.45) is 0 Å². The van der Waals surface area contributed by atoms with Gasteiger partial charge in [0.25, 0.3) is 0 Å². The number of hydrogen-bond acceptors (Lipinski definition) is 2. The maximum atomic E-state index is 5.74. The summed E-state index contributed by atoms with van der Waals surface area (Å²) in [7, 11) is 0. The molecule has 0 spiro atoms. The van der Waals surface area contributed by atoms with Gasteiger partial charge >= 0.3 is 0 Å². The summed E-state index contributed by atoms with van der Waals surface area (Å²) in [5.74, 6) is 2.25. The molecule has 1 rings (SSSR count). The number of hydrogen-bond donors (Lipinski definition) is 0. The van der Waals surface area contributed by atoms with Crippen molar-refractivity contribution in [1.82, 2.24) is 4.98 Å². The van der Waals surface area contributed by atoms with E-state index >= 15 is 0 Å². The Morgan fingerprint density at radius 2 is 2.42 bits per heavy atom. The van der Waals surface area contributed by atoms with Gasteiger partial charge in [0.15, 0.2) is 0 Å². The SMILES string of the molecule is CCCSCc1ccnc(Cl)c1. The Morgan fingerprint density at radius 1 is 1.58 bits per heavy atom. The Kier molecular flexibility index (Phi) is 4.48. The fourth-order valence-corrected chi connectivity index (χ4v) is 1.91. The van der Waals surface area contributed by atoms with Gasteiger partial charge in [0, 0.05) is 11.9 Å². The van der Waals surface area contributed by atoms with E-state index in [-0.39, 0.29) is 0 Å². The molecule has 1 nitrogen and oxygen atoms in total. The summed E-state index contributed by atoms with van der Waals surface area (Å²) >= 11 is 7.67. The maximum absolute atomic E-state index is 5.74. The fraction of sp³-hybridized carbons (Fsp3) is 0.444. The predicted octanol–water partition coefficient (Wildman–Crippen LogP) is 3.38. The number of pyridine rings is 1. The summed E-state index contributed by atoms with van der Waals surface area (Å²) in [6.07, 6.45) is 2.98. The second kappa shape index (κ2) is 5.44. The summed E-state index contributed by atoms with van der Waals surface area (Å²) in [4.78, 5) is 3.92. The van der Waals surface area contributed by atoms with Crippen molar-refractivity contribution in [2.45, 2.75) is 19.1 Å². The van der Waals surface area contributed by atoms with Crippen molar-refractivity contribution in [3.8, 4) is 0 Å². The lowest BCUT2D eigenvalue weighted by Gasteiger charge is -1.99. The summed E-state index contributed by atoms with van der Waals surface area (Å²) in [6, 6.07) is 3.93. The average molecular weight is 202 g/mol. The van der Waals surface area contributed by atoms with Crippen molar-refractivity contribution in [2.75, 3.05) is 5.75 Å². The molecule has 0 radical (unpaired) electrons. The van der Waals surface area contributed by atoms with Gasteiger partial charge in [-0.15, -0.1) is 0 Å². The monoisotopic (exact) mass is 201 g/mol. The average Bonchev–Trinajstić information content (AvgIpc) is 2.05. The molecule has 0 aliphatic rings. The minimum Gasteiger partial charge on any atom is -0.245 e. The molecule has 0 aliphatic carbocycles. The van der Waals surface area contributed by atoms with E-state index in [1.165, 1.54) is 17.7 Å². The van der Waals surface area contributed by atoms with Gasteiger partial charge in [0.1, 0.15) is 5.15 Å². The second-order valence-corrected chi connectivity index (χ2v) is 4.03. The van der Waals surface area contributed by atoms with Gasteiger partial charge in [-0.05, 0) is 29.9 Å². The van der Waals surface area contributed by atoms with E-state index in [9.17, 15) is 0 Å². The Morgan fingerprint density at radius 3 is 3.08 bits per heavy atom. The zero-order chi connectivity index (χ0) is 8.81. The highest BCUT2D eigenvalue weighted by Crippen LogP contribution is 2.14. The van der Waals surface area contributed by atoms with Crippen LogP contribution in [0.5, 0.6) is 0 Å². The molecular weight excluding hydrogens is 190 g/mol. The van der Waals surface area contributed by atoms with Gasteiger partial charge in [0.2, 0.25) is 0 Å². The van der Waals surface area contributed by atoms with Crippen LogP contribution < -0.4 is 0 Å². The van der Waals surface area contributed by atoms with Crippen LogP contribution in [0.25, 0.3) is 0 Å². The van der Waals surface area contributed by atoms with Crippen LogP contribution in [0.2, 0.25) is 5.15 Å². The first-order valence-corrected chi connectivity index (χ1v) is 5.54. The van der Waals surface area contributed by atoms with Crippen molar-refractivity contribution in [3.63, 3.8) is 0 Å². The smallest absolute Gasteiger partial charge is 0.129 e. The summed E-state index contributed by atoms with van der Waals surface area (Å²) in [5.41, 5.74) is 1.26. The zero-order valence-electron chi connectivity index (χ0n) is 7.09. The minimum absolute atomic E-state index is 0.588. The summed E-state index contributed by atoms with van der Waals surface area (Å²) < 4.78 is 0. The number of rotatable bonds is 4. The van der Waals surface area contributed by atoms with Crippen LogP contribution in [-0.2, 0) is 5.75 Å². The van der Waals surface area contributed by atoms with Gasteiger partial charge in [-0.2, -0.15) is 11.8 Å². The predicted molar refractivity (Wildman–Crippen MR) is 55.7 cm³/mol. The molecule has 3 heteroatoms. The van der Waals surface area contributed by atoms with Gasteiger partial charge in [-0.1, -0.05) is 18.5 Å². The third-order valence-corrected chi connectivity index (χ3v) is 2.85. The molecule has 0 aromatic carbocycles. The van der Waals surface area contributed by atoms with E-state index in [0.29, 0.717) is 5.15 Å². The third kappa shape index (κ3) is 3.46.